The summed E-state index contributed by atoms with van der Waals surface area (Å²) in [6.45, 7) is 3.68. The fourth-order valence-corrected chi connectivity index (χ4v) is 2.80. The molecule has 0 aliphatic heterocycles. The predicted octanol–water partition coefficient (Wildman–Crippen LogP) is 4.27. The SMILES string of the molecule is C=C(C(=O)OCc1ccc(Oc2ccccc2)cc1)C(O)c1nccs1. The van der Waals surface area contributed by atoms with Crippen LogP contribution in [0.2, 0.25) is 0 Å². The van der Waals surface area contributed by atoms with Gasteiger partial charge in [0.2, 0.25) is 0 Å². The first kappa shape index (κ1) is 17.8. The van der Waals surface area contributed by atoms with Gasteiger partial charge in [-0.3, -0.25) is 0 Å². The molecule has 1 unspecified atom stereocenters. The molecule has 6 heteroatoms. The minimum atomic E-state index is -1.15. The fraction of sp³-hybridized carbons (Fsp3) is 0.100. The summed E-state index contributed by atoms with van der Waals surface area (Å²) < 4.78 is 10.9. The van der Waals surface area contributed by atoms with Gasteiger partial charge >= 0.3 is 5.97 Å². The molecule has 5 nitrogen and oxygen atoms in total. The maximum Gasteiger partial charge on any atom is 0.336 e. The van der Waals surface area contributed by atoms with Crippen LogP contribution in [-0.2, 0) is 16.1 Å². The zero-order valence-corrected chi connectivity index (χ0v) is 14.7. The average Bonchev–Trinajstić information content (AvgIpc) is 3.21. The number of hydrogen-bond donors (Lipinski definition) is 1. The number of aliphatic hydroxyl groups excluding tert-OH is 1. The predicted molar refractivity (Wildman–Crippen MR) is 99.0 cm³/mol. The van der Waals surface area contributed by atoms with Crippen molar-refractivity contribution >= 4 is 17.3 Å². The third-order valence-electron chi connectivity index (χ3n) is 3.55. The molecule has 0 amide bonds. The van der Waals surface area contributed by atoms with E-state index in [2.05, 4.69) is 11.6 Å². The van der Waals surface area contributed by atoms with Crippen LogP contribution < -0.4 is 4.74 Å². The molecule has 1 atom stereocenters. The fourth-order valence-electron chi connectivity index (χ4n) is 2.15. The molecule has 26 heavy (non-hydrogen) atoms. The van der Waals surface area contributed by atoms with Crippen molar-refractivity contribution in [3.8, 4) is 11.5 Å². The van der Waals surface area contributed by atoms with Gasteiger partial charge in [0.1, 0.15) is 29.2 Å². The number of carbonyl (C=O) groups is 1. The van der Waals surface area contributed by atoms with Gasteiger partial charge in [0.15, 0.2) is 0 Å². The van der Waals surface area contributed by atoms with Gasteiger partial charge in [-0.1, -0.05) is 36.9 Å². The first-order chi connectivity index (χ1) is 12.6. The van der Waals surface area contributed by atoms with E-state index in [1.165, 1.54) is 11.3 Å². The van der Waals surface area contributed by atoms with Crippen LogP contribution >= 0.6 is 11.3 Å². The molecule has 0 saturated heterocycles. The highest BCUT2D eigenvalue weighted by atomic mass is 32.1. The first-order valence-electron chi connectivity index (χ1n) is 7.88. The van der Waals surface area contributed by atoms with E-state index < -0.39 is 12.1 Å². The minimum Gasteiger partial charge on any atom is -0.457 e. The summed E-state index contributed by atoms with van der Waals surface area (Å²) in [7, 11) is 0. The largest absolute Gasteiger partial charge is 0.457 e. The Morgan fingerprint density at radius 2 is 1.81 bits per heavy atom. The lowest BCUT2D eigenvalue weighted by Gasteiger charge is -2.11. The number of thiazole rings is 1. The third-order valence-corrected chi connectivity index (χ3v) is 4.38. The van der Waals surface area contributed by atoms with Crippen LogP contribution in [0, 0.1) is 0 Å². The number of esters is 1. The zero-order valence-electron chi connectivity index (χ0n) is 13.9. The molecule has 0 fully saturated rings. The number of aliphatic hydroxyl groups is 1. The highest BCUT2D eigenvalue weighted by Gasteiger charge is 2.21. The van der Waals surface area contributed by atoms with E-state index in [1.807, 2.05) is 42.5 Å². The molecule has 0 radical (unpaired) electrons. The van der Waals surface area contributed by atoms with Crippen molar-refractivity contribution < 1.29 is 19.4 Å². The maximum absolute atomic E-state index is 12.0. The van der Waals surface area contributed by atoms with E-state index in [4.69, 9.17) is 9.47 Å². The van der Waals surface area contributed by atoms with Crippen LogP contribution in [0.4, 0.5) is 0 Å². The second-order valence-corrected chi connectivity index (χ2v) is 6.36. The van der Waals surface area contributed by atoms with Gasteiger partial charge in [0.05, 0.1) is 5.57 Å². The number of nitrogens with zero attached hydrogens (tertiary/aromatic N) is 1. The average molecular weight is 367 g/mol. The summed E-state index contributed by atoms with van der Waals surface area (Å²) in [4.78, 5) is 16.0. The summed E-state index contributed by atoms with van der Waals surface area (Å²) >= 11 is 1.25. The van der Waals surface area contributed by atoms with Gasteiger partial charge in [-0.05, 0) is 29.8 Å². The first-order valence-corrected chi connectivity index (χ1v) is 8.76. The van der Waals surface area contributed by atoms with Crippen LogP contribution in [0.3, 0.4) is 0 Å². The Morgan fingerprint density at radius 3 is 2.46 bits per heavy atom. The number of benzene rings is 2. The van der Waals surface area contributed by atoms with Crippen molar-refractivity contribution in [2.75, 3.05) is 0 Å². The third kappa shape index (κ3) is 4.56. The molecule has 0 aliphatic rings. The van der Waals surface area contributed by atoms with Gasteiger partial charge in [0.25, 0.3) is 0 Å². The summed E-state index contributed by atoms with van der Waals surface area (Å²) in [6.07, 6.45) is 0.408. The van der Waals surface area contributed by atoms with Crippen molar-refractivity contribution in [2.45, 2.75) is 12.7 Å². The molecular formula is C20H17NO4S. The van der Waals surface area contributed by atoms with Crippen LogP contribution in [-0.4, -0.2) is 16.1 Å². The Kier molecular flexibility index (Phi) is 5.78. The number of rotatable bonds is 7. The topological polar surface area (TPSA) is 68.7 Å². The molecule has 2 aromatic carbocycles. The summed E-state index contributed by atoms with van der Waals surface area (Å²) in [6, 6.07) is 16.7. The molecule has 1 aromatic heterocycles. The quantitative estimate of drug-likeness (QED) is 0.499. The number of para-hydroxylation sites is 1. The van der Waals surface area contributed by atoms with Crippen molar-refractivity contribution in [3.63, 3.8) is 0 Å². The lowest BCUT2D eigenvalue weighted by atomic mass is 10.2. The van der Waals surface area contributed by atoms with Crippen LogP contribution in [0.25, 0.3) is 0 Å². The molecule has 1 heterocycles. The van der Waals surface area contributed by atoms with Crippen molar-refractivity contribution in [2.24, 2.45) is 0 Å². The standard InChI is InChI=1S/C20H17NO4S/c1-14(18(22)19-21-11-12-26-19)20(23)24-13-15-7-9-17(10-8-15)25-16-5-3-2-4-6-16/h2-12,18,22H,1,13H2. The van der Waals surface area contributed by atoms with E-state index in [-0.39, 0.29) is 12.2 Å². The Labute approximate surface area is 155 Å². The molecule has 0 saturated carbocycles. The van der Waals surface area contributed by atoms with Crippen LogP contribution in [0.1, 0.15) is 16.7 Å². The molecular weight excluding hydrogens is 350 g/mol. The van der Waals surface area contributed by atoms with Crippen molar-refractivity contribution in [3.05, 3.63) is 88.9 Å². The van der Waals surface area contributed by atoms with Gasteiger partial charge in [0, 0.05) is 11.6 Å². The second kappa shape index (κ2) is 8.42. The van der Waals surface area contributed by atoms with E-state index in [0.29, 0.717) is 10.8 Å². The molecule has 0 aliphatic carbocycles. The Morgan fingerprint density at radius 1 is 1.12 bits per heavy atom. The van der Waals surface area contributed by atoms with Gasteiger partial charge < -0.3 is 14.6 Å². The molecule has 0 bridgehead atoms. The lowest BCUT2D eigenvalue weighted by molar-refractivity contribution is -0.141. The normalized spacial score (nSPS) is 11.6. The van der Waals surface area contributed by atoms with E-state index in [9.17, 15) is 9.90 Å². The summed E-state index contributed by atoms with van der Waals surface area (Å²) in [5.41, 5.74) is 0.763. The summed E-state index contributed by atoms with van der Waals surface area (Å²) in [5, 5.41) is 12.2. The van der Waals surface area contributed by atoms with E-state index in [1.54, 1.807) is 23.7 Å². The Balaban J connectivity index is 1.53. The molecule has 0 spiro atoms. The molecule has 1 N–H and O–H groups in total. The molecule has 3 rings (SSSR count). The lowest BCUT2D eigenvalue weighted by Crippen LogP contribution is -2.13. The van der Waals surface area contributed by atoms with E-state index >= 15 is 0 Å². The van der Waals surface area contributed by atoms with Crippen molar-refractivity contribution in [1.29, 1.82) is 0 Å². The molecule has 3 aromatic rings. The van der Waals surface area contributed by atoms with Gasteiger partial charge in [-0.15, -0.1) is 11.3 Å². The minimum absolute atomic E-state index is 0.0380. The molecule has 132 valence electrons. The second-order valence-electron chi connectivity index (χ2n) is 5.43. The number of ether oxygens (including phenoxy) is 2. The maximum atomic E-state index is 12.0. The highest BCUT2D eigenvalue weighted by molar-refractivity contribution is 7.09. The number of aromatic nitrogens is 1. The Bertz CT molecular complexity index is 861. The van der Waals surface area contributed by atoms with Crippen LogP contribution in [0.15, 0.2) is 78.3 Å². The summed E-state index contributed by atoms with van der Waals surface area (Å²) in [5.74, 6) is 0.784. The zero-order chi connectivity index (χ0) is 18.4. The van der Waals surface area contributed by atoms with E-state index in [0.717, 1.165) is 11.3 Å². The van der Waals surface area contributed by atoms with Gasteiger partial charge in [-0.25, -0.2) is 9.78 Å². The number of carbonyl (C=O) groups excluding carboxylic acids is 1. The van der Waals surface area contributed by atoms with Gasteiger partial charge in [-0.2, -0.15) is 0 Å². The van der Waals surface area contributed by atoms with Crippen LogP contribution in [0.5, 0.6) is 11.5 Å². The highest BCUT2D eigenvalue weighted by Crippen LogP contribution is 2.24. The van der Waals surface area contributed by atoms with Crippen molar-refractivity contribution in [1.82, 2.24) is 4.98 Å². The number of hydrogen-bond acceptors (Lipinski definition) is 6. The monoisotopic (exact) mass is 367 g/mol. The smallest absolute Gasteiger partial charge is 0.336 e. The Hall–Kier alpha value is -2.96.